The molecular formula is C25H35NO5S. The first kappa shape index (κ1) is 24.5. The zero-order valence-electron chi connectivity index (χ0n) is 19.2. The Morgan fingerprint density at radius 1 is 1.28 bits per heavy atom. The number of carboxylic acids is 1. The van der Waals surface area contributed by atoms with E-state index in [4.69, 9.17) is 9.84 Å². The van der Waals surface area contributed by atoms with Gasteiger partial charge in [0.2, 0.25) is 10.0 Å². The fraction of sp³-hybridized carbons (Fsp3) is 0.560. The predicted molar refractivity (Wildman–Crippen MR) is 127 cm³/mol. The highest BCUT2D eigenvalue weighted by atomic mass is 32.2. The van der Waals surface area contributed by atoms with Gasteiger partial charge in [-0.1, -0.05) is 38.1 Å². The summed E-state index contributed by atoms with van der Waals surface area (Å²) in [6.45, 7) is 4.59. The van der Waals surface area contributed by atoms with Gasteiger partial charge < -0.3 is 9.84 Å². The number of sulfonamides is 1. The Labute approximate surface area is 191 Å². The molecule has 3 fully saturated rings. The Balaban J connectivity index is 1.65. The molecule has 3 aliphatic carbocycles. The lowest BCUT2D eigenvalue weighted by atomic mass is 9.44. The van der Waals surface area contributed by atoms with Gasteiger partial charge >= 0.3 is 5.97 Å². The molecule has 0 spiro atoms. The Morgan fingerprint density at radius 3 is 2.75 bits per heavy atom. The van der Waals surface area contributed by atoms with Crippen molar-refractivity contribution in [1.29, 1.82) is 0 Å². The van der Waals surface area contributed by atoms with Gasteiger partial charge in [0, 0.05) is 17.9 Å². The van der Waals surface area contributed by atoms with Crippen molar-refractivity contribution < 1.29 is 23.1 Å². The number of aliphatic carboxylic acids is 1. The van der Waals surface area contributed by atoms with Crippen LogP contribution in [-0.4, -0.2) is 32.6 Å². The molecule has 3 aliphatic rings. The largest absolute Gasteiger partial charge is 0.497 e. The van der Waals surface area contributed by atoms with Crippen LogP contribution in [0.2, 0.25) is 0 Å². The van der Waals surface area contributed by atoms with Crippen molar-refractivity contribution in [1.82, 2.24) is 4.72 Å². The van der Waals surface area contributed by atoms with Crippen molar-refractivity contribution in [2.45, 2.75) is 58.4 Å². The smallest absolute Gasteiger partial charge is 0.303 e. The number of hydrogen-bond acceptors (Lipinski definition) is 4. The molecule has 0 aromatic heterocycles. The van der Waals surface area contributed by atoms with Gasteiger partial charge in [-0.2, -0.15) is 0 Å². The van der Waals surface area contributed by atoms with E-state index in [0.29, 0.717) is 24.0 Å². The Hall–Kier alpha value is -2.12. The van der Waals surface area contributed by atoms with Crippen LogP contribution in [0.4, 0.5) is 0 Å². The quantitative estimate of drug-likeness (QED) is 0.363. The molecule has 3 saturated carbocycles. The highest BCUT2D eigenvalue weighted by molar-refractivity contribution is 7.92. The fourth-order valence-corrected chi connectivity index (χ4v) is 6.42. The maximum Gasteiger partial charge on any atom is 0.303 e. The number of fused-ring (bicyclic) bond motifs is 2. The van der Waals surface area contributed by atoms with Crippen LogP contribution in [0.5, 0.6) is 5.75 Å². The molecular weight excluding hydrogens is 426 g/mol. The first-order chi connectivity index (χ1) is 15.1. The summed E-state index contributed by atoms with van der Waals surface area (Å²) in [5.41, 5.74) is 1.00. The lowest BCUT2D eigenvalue weighted by Crippen LogP contribution is -2.61. The first-order valence-electron chi connectivity index (χ1n) is 11.3. The zero-order valence-corrected chi connectivity index (χ0v) is 20.0. The van der Waals surface area contributed by atoms with Gasteiger partial charge in [0.05, 0.1) is 7.11 Å². The van der Waals surface area contributed by atoms with Crippen molar-refractivity contribution in [2.75, 3.05) is 7.11 Å². The molecule has 2 N–H and O–H groups in total. The standard InChI is InChI=1S/C25H35NO5S/c1-25(2)19-16-22(25)21(11-6-4-5-7-12-24(27)28)23(17-19)26-32(29,30)14-13-18-9-8-10-20(15-18)31-3/h4,6,8-10,13-15,19,21-23,26H,5,7,11-12,16-17H2,1-3H3,(H,27,28)/b6-4-,14-13?. The Kier molecular flexibility index (Phi) is 7.83. The van der Waals surface area contributed by atoms with E-state index < -0.39 is 16.0 Å². The zero-order chi connectivity index (χ0) is 23.4. The monoisotopic (exact) mass is 461 g/mol. The number of carboxylic acid groups (broad SMARTS) is 1. The van der Waals surface area contributed by atoms with Crippen LogP contribution in [0.15, 0.2) is 41.8 Å². The number of ether oxygens (including phenoxy) is 1. The van der Waals surface area contributed by atoms with Gasteiger partial charge in [0.25, 0.3) is 0 Å². The van der Waals surface area contributed by atoms with Crippen LogP contribution in [0.3, 0.4) is 0 Å². The van der Waals surface area contributed by atoms with E-state index in [1.54, 1.807) is 19.3 Å². The summed E-state index contributed by atoms with van der Waals surface area (Å²) in [7, 11) is -2.00. The van der Waals surface area contributed by atoms with Crippen LogP contribution in [-0.2, 0) is 14.8 Å². The third-order valence-electron chi connectivity index (χ3n) is 7.30. The number of allylic oxidation sites excluding steroid dienone is 2. The van der Waals surface area contributed by atoms with Gasteiger partial charge in [0.15, 0.2) is 0 Å². The molecule has 6 nitrogen and oxygen atoms in total. The summed E-state index contributed by atoms with van der Waals surface area (Å²) >= 11 is 0. The fourth-order valence-electron chi connectivity index (χ4n) is 5.31. The molecule has 1 aromatic rings. The third-order valence-corrected chi connectivity index (χ3v) is 8.43. The molecule has 7 heteroatoms. The van der Waals surface area contributed by atoms with Gasteiger partial charge in [0.1, 0.15) is 5.75 Å². The average molecular weight is 462 g/mol. The van der Waals surface area contributed by atoms with E-state index >= 15 is 0 Å². The minimum atomic E-state index is -3.58. The van der Waals surface area contributed by atoms with Crippen LogP contribution in [0.1, 0.15) is 57.9 Å². The van der Waals surface area contributed by atoms with Crippen molar-refractivity contribution >= 4 is 22.1 Å². The molecule has 4 atom stereocenters. The molecule has 32 heavy (non-hydrogen) atoms. The van der Waals surface area contributed by atoms with Crippen molar-refractivity contribution in [3.05, 3.63) is 47.4 Å². The third kappa shape index (κ3) is 6.01. The number of methoxy groups -OCH3 is 1. The second-order valence-electron chi connectivity index (χ2n) is 9.60. The van der Waals surface area contributed by atoms with E-state index in [1.807, 2.05) is 24.3 Å². The summed E-state index contributed by atoms with van der Waals surface area (Å²) in [6.07, 6.45) is 10.1. The van der Waals surface area contributed by atoms with Crippen LogP contribution < -0.4 is 9.46 Å². The summed E-state index contributed by atoms with van der Waals surface area (Å²) < 4.78 is 33.8. The molecule has 4 rings (SSSR count). The van der Waals surface area contributed by atoms with E-state index in [0.717, 1.165) is 31.2 Å². The highest BCUT2D eigenvalue weighted by Gasteiger charge is 2.57. The van der Waals surface area contributed by atoms with Gasteiger partial charge in [-0.05, 0) is 79.0 Å². The molecule has 0 saturated heterocycles. The first-order valence-corrected chi connectivity index (χ1v) is 12.9. The number of unbranched alkanes of at least 4 members (excludes halogenated alkanes) is 1. The highest BCUT2D eigenvalue weighted by Crippen LogP contribution is 2.62. The van der Waals surface area contributed by atoms with Gasteiger partial charge in [-0.3, -0.25) is 4.79 Å². The molecule has 0 aliphatic heterocycles. The van der Waals surface area contributed by atoms with E-state index in [9.17, 15) is 13.2 Å². The summed E-state index contributed by atoms with van der Waals surface area (Å²) in [5.74, 6) is 1.18. The molecule has 0 amide bonds. The minimum Gasteiger partial charge on any atom is -0.497 e. The molecule has 0 radical (unpaired) electrons. The van der Waals surface area contributed by atoms with E-state index in [2.05, 4.69) is 24.6 Å². The van der Waals surface area contributed by atoms with Crippen LogP contribution >= 0.6 is 0 Å². The average Bonchev–Trinajstić information content (AvgIpc) is 2.75. The molecule has 4 unspecified atom stereocenters. The lowest BCUT2D eigenvalue weighted by molar-refractivity contribution is -0.137. The van der Waals surface area contributed by atoms with Crippen molar-refractivity contribution in [3.63, 3.8) is 0 Å². The van der Waals surface area contributed by atoms with E-state index in [-0.39, 0.29) is 23.8 Å². The second-order valence-corrected chi connectivity index (χ2v) is 11.2. The minimum absolute atomic E-state index is 0.0876. The Bertz CT molecular complexity index is 966. The molecule has 0 heterocycles. The van der Waals surface area contributed by atoms with Crippen LogP contribution in [0.25, 0.3) is 6.08 Å². The second kappa shape index (κ2) is 10.2. The van der Waals surface area contributed by atoms with Gasteiger partial charge in [-0.25, -0.2) is 13.1 Å². The van der Waals surface area contributed by atoms with E-state index in [1.165, 1.54) is 5.41 Å². The summed E-state index contributed by atoms with van der Waals surface area (Å²) in [6, 6.07) is 7.19. The number of benzene rings is 1. The number of carbonyl (C=O) groups is 1. The van der Waals surface area contributed by atoms with Crippen molar-refractivity contribution in [2.24, 2.45) is 23.2 Å². The maximum atomic E-state index is 12.8. The molecule has 2 bridgehead atoms. The molecule has 1 aromatic carbocycles. The number of rotatable bonds is 11. The van der Waals surface area contributed by atoms with Gasteiger partial charge in [-0.15, -0.1) is 0 Å². The topological polar surface area (TPSA) is 92.7 Å². The molecule has 176 valence electrons. The number of nitrogens with one attached hydrogen (secondary N) is 1. The summed E-state index contributed by atoms with van der Waals surface area (Å²) in [4.78, 5) is 10.6. The summed E-state index contributed by atoms with van der Waals surface area (Å²) in [5, 5.41) is 10.00. The maximum absolute atomic E-state index is 12.8. The predicted octanol–water partition coefficient (Wildman–Crippen LogP) is 4.84. The Morgan fingerprint density at radius 2 is 2.06 bits per heavy atom. The SMILES string of the molecule is COc1cccc(C=CS(=O)(=O)NC2CC3CC(C2C/C=C\CCCC(=O)O)C3(C)C)c1. The van der Waals surface area contributed by atoms with Crippen LogP contribution in [0, 0.1) is 23.2 Å². The lowest BCUT2D eigenvalue weighted by Gasteiger charge is -2.62. The normalized spacial score (nSPS) is 26.8. The number of hydrogen-bond donors (Lipinski definition) is 2. The van der Waals surface area contributed by atoms with Crippen molar-refractivity contribution in [3.8, 4) is 5.75 Å².